The van der Waals surface area contributed by atoms with E-state index in [4.69, 9.17) is 5.84 Å². The summed E-state index contributed by atoms with van der Waals surface area (Å²) in [6.07, 6.45) is 3.52. The molecule has 0 aliphatic carbocycles. The summed E-state index contributed by atoms with van der Waals surface area (Å²) in [5, 5.41) is 0. The van der Waals surface area contributed by atoms with Crippen molar-refractivity contribution in [2.24, 2.45) is 5.84 Å². The van der Waals surface area contributed by atoms with Crippen molar-refractivity contribution in [3.05, 3.63) is 64.7 Å². The van der Waals surface area contributed by atoms with E-state index >= 15 is 0 Å². The van der Waals surface area contributed by atoms with Crippen LogP contribution in [-0.4, -0.2) is 4.98 Å². The molecule has 3 nitrogen and oxygen atoms in total. The Morgan fingerprint density at radius 1 is 1.21 bits per heavy atom. The molecule has 1 aromatic carbocycles. The SMILES string of the molecule is Cc1ccc(CC(NN)c2cncc(F)c2)cc1C. The van der Waals surface area contributed by atoms with Crippen molar-refractivity contribution in [3.8, 4) is 0 Å². The van der Waals surface area contributed by atoms with E-state index in [0.29, 0.717) is 6.42 Å². The summed E-state index contributed by atoms with van der Waals surface area (Å²) >= 11 is 0. The summed E-state index contributed by atoms with van der Waals surface area (Å²) in [7, 11) is 0. The molecule has 0 fully saturated rings. The fourth-order valence-corrected chi connectivity index (χ4v) is 2.06. The van der Waals surface area contributed by atoms with Crippen LogP contribution in [0.25, 0.3) is 0 Å². The van der Waals surface area contributed by atoms with Gasteiger partial charge in [0.05, 0.1) is 12.2 Å². The molecule has 0 spiro atoms. The Kier molecular flexibility index (Phi) is 4.24. The number of halogens is 1. The highest BCUT2D eigenvalue weighted by Crippen LogP contribution is 2.19. The number of rotatable bonds is 4. The van der Waals surface area contributed by atoms with Crippen molar-refractivity contribution in [2.75, 3.05) is 0 Å². The second-order valence-electron chi connectivity index (χ2n) is 4.78. The van der Waals surface area contributed by atoms with Gasteiger partial charge in [-0.15, -0.1) is 0 Å². The van der Waals surface area contributed by atoms with Gasteiger partial charge in [-0.2, -0.15) is 0 Å². The third-order valence-electron chi connectivity index (χ3n) is 3.34. The number of aromatic nitrogens is 1. The van der Waals surface area contributed by atoms with Crippen LogP contribution in [0.1, 0.15) is 28.3 Å². The zero-order chi connectivity index (χ0) is 13.8. The maximum atomic E-state index is 13.2. The van der Waals surface area contributed by atoms with E-state index in [2.05, 4.69) is 42.5 Å². The topological polar surface area (TPSA) is 50.9 Å². The Balaban J connectivity index is 2.21. The van der Waals surface area contributed by atoms with Crippen molar-refractivity contribution in [2.45, 2.75) is 26.3 Å². The van der Waals surface area contributed by atoms with Gasteiger partial charge in [-0.25, -0.2) is 4.39 Å². The number of nitrogens with one attached hydrogen (secondary N) is 1. The largest absolute Gasteiger partial charge is 0.271 e. The molecule has 19 heavy (non-hydrogen) atoms. The van der Waals surface area contributed by atoms with Gasteiger partial charge in [0.25, 0.3) is 0 Å². The molecule has 2 rings (SSSR count). The van der Waals surface area contributed by atoms with Gasteiger partial charge >= 0.3 is 0 Å². The maximum absolute atomic E-state index is 13.2. The Morgan fingerprint density at radius 3 is 2.63 bits per heavy atom. The number of hydrogen-bond donors (Lipinski definition) is 2. The highest BCUT2D eigenvalue weighted by molar-refractivity contribution is 5.31. The van der Waals surface area contributed by atoms with Gasteiger partial charge in [-0.3, -0.25) is 16.3 Å². The first-order valence-electron chi connectivity index (χ1n) is 6.23. The molecule has 0 amide bonds. The molecule has 3 N–H and O–H groups in total. The fraction of sp³-hybridized carbons (Fsp3) is 0.267. The van der Waals surface area contributed by atoms with Crippen LogP contribution in [0.5, 0.6) is 0 Å². The Bertz CT molecular complexity index is 569. The molecule has 0 aliphatic heterocycles. The van der Waals surface area contributed by atoms with Gasteiger partial charge in [0.2, 0.25) is 0 Å². The number of nitrogens with two attached hydrogens (primary N) is 1. The van der Waals surface area contributed by atoms with Crippen molar-refractivity contribution in [3.63, 3.8) is 0 Å². The highest BCUT2D eigenvalue weighted by atomic mass is 19.1. The Morgan fingerprint density at radius 2 is 2.00 bits per heavy atom. The van der Waals surface area contributed by atoms with Gasteiger partial charge in [-0.05, 0) is 48.6 Å². The van der Waals surface area contributed by atoms with Crippen LogP contribution in [-0.2, 0) is 6.42 Å². The first kappa shape index (κ1) is 13.6. The minimum atomic E-state index is -0.349. The summed E-state index contributed by atoms with van der Waals surface area (Å²) in [5.41, 5.74) is 7.13. The van der Waals surface area contributed by atoms with E-state index < -0.39 is 0 Å². The van der Waals surface area contributed by atoms with Crippen LogP contribution in [0, 0.1) is 19.7 Å². The molecule has 1 heterocycles. The fourth-order valence-electron chi connectivity index (χ4n) is 2.06. The lowest BCUT2D eigenvalue weighted by Crippen LogP contribution is -2.29. The zero-order valence-corrected chi connectivity index (χ0v) is 11.2. The molecule has 100 valence electrons. The van der Waals surface area contributed by atoms with E-state index in [1.54, 1.807) is 6.20 Å². The highest BCUT2D eigenvalue weighted by Gasteiger charge is 2.12. The molecule has 0 aliphatic rings. The summed E-state index contributed by atoms with van der Waals surface area (Å²) in [5.74, 6) is 5.22. The number of pyridine rings is 1. The van der Waals surface area contributed by atoms with E-state index in [9.17, 15) is 4.39 Å². The second kappa shape index (κ2) is 5.91. The van der Waals surface area contributed by atoms with E-state index in [1.807, 2.05) is 0 Å². The van der Waals surface area contributed by atoms with Gasteiger partial charge in [0, 0.05) is 6.20 Å². The first-order valence-corrected chi connectivity index (χ1v) is 6.23. The molecule has 1 atom stereocenters. The van der Waals surface area contributed by atoms with Gasteiger partial charge in [-0.1, -0.05) is 18.2 Å². The van der Waals surface area contributed by atoms with Crippen molar-refractivity contribution < 1.29 is 4.39 Å². The van der Waals surface area contributed by atoms with Crippen LogP contribution < -0.4 is 11.3 Å². The third kappa shape index (κ3) is 3.36. The quantitative estimate of drug-likeness (QED) is 0.655. The number of hydrogen-bond acceptors (Lipinski definition) is 3. The Hall–Kier alpha value is -1.78. The molecule has 1 unspecified atom stereocenters. The average Bonchev–Trinajstić information content (AvgIpc) is 2.40. The van der Waals surface area contributed by atoms with Gasteiger partial charge < -0.3 is 0 Å². The molecule has 0 radical (unpaired) electrons. The third-order valence-corrected chi connectivity index (χ3v) is 3.34. The predicted molar refractivity (Wildman–Crippen MR) is 73.9 cm³/mol. The minimum absolute atomic E-state index is 0.148. The van der Waals surface area contributed by atoms with E-state index in [1.165, 1.54) is 23.4 Å². The monoisotopic (exact) mass is 259 g/mol. The first-order chi connectivity index (χ1) is 9.10. The second-order valence-corrected chi connectivity index (χ2v) is 4.78. The number of hydrazine groups is 1. The minimum Gasteiger partial charge on any atom is -0.271 e. The normalized spacial score (nSPS) is 12.4. The molecule has 2 aromatic rings. The molecule has 0 bridgehead atoms. The van der Waals surface area contributed by atoms with Crippen LogP contribution in [0.4, 0.5) is 4.39 Å². The molecule has 4 heteroatoms. The van der Waals surface area contributed by atoms with Crippen molar-refractivity contribution in [1.82, 2.24) is 10.4 Å². The molecule has 0 saturated heterocycles. The summed E-state index contributed by atoms with van der Waals surface area (Å²) in [6.45, 7) is 4.15. The predicted octanol–water partition coefficient (Wildman–Crippen LogP) is 2.58. The van der Waals surface area contributed by atoms with E-state index in [-0.39, 0.29) is 11.9 Å². The number of benzene rings is 1. The summed E-state index contributed by atoms with van der Waals surface area (Å²) < 4.78 is 13.2. The zero-order valence-electron chi connectivity index (χ0n) is 11.2. The van der Waals surface area contributed by atoms with Crippen LogP contribution in [0.15, 0.2) is 36.7 Å². The summed E-state index contributed by atoms with van der Waals surface area (Å²) in [4.78, 5) is 3.86. The molecular weight excluding hydrogens is 241 g/mol. The molecule has 1 aromatic heterocycles. The van der Waals surface area contributed by atoms with Gasteiger partial charge in [0.1, 0.15) is 5.82 Å². The molecular formula is C15H18FN3. The Labute approximate surface area is 112 Å². The number of aryl methyl sites for hydroxylation is 2. The average molecular weight is 259 g/mol. The maximum Gasteiger partial charge on any atom is 0.141 e. The van der Waals surface area contributed by atoms with Crippen LogP contribution >= 0.6 is 0 Å². The van der Waals surface area contributed by atoms with Crippen LogP contribution in [0.2, 0.25) is 0 Å². The molecule has 0 saturated carbocycles. The summed E-state index contributed by atoms with van der Waals surface area (Å²) in [6, 6.07) is 7.59. The lowest BCUT2D eigenvalue weighted by atomic mass is 9.98. The van der Waals surface area contributed by atoms with Crippen molar-refractivity contribution >= 4 is 0 Å². The lowest BCUT2D eigenvalue weighted by molar-refractivity contribution is 0.541. The smallest absolute Gasteiger partial charge is 0.141 e. The van der Waals surface area contributed by atoms with Crippen LogP contribution in [0.3, 0.4) is 0 Å². The standard InChI is InChI=1S/C15H18FN3/c1-10-3-4-12(5-11(10)2)6-15(19-17)13-7-14(16)9-18-8-13/h3-5,7-9,15,19H,6,17H2,1-2H3. The number of nitrogens with zero attached hydrogens (tertiary/aromatic N) is 1. The van der Waals surface area contributed by atoms with Crippen molar-refractivity contribution in [1.29, 1.82) is 0 Å². The van der Waals surface area contributed by atoms with Gasteiger partial charge in [0.15, 0.2) is 0 Å². The lowest BCUT2D eigenvalue weighted by Gasteiger charge is -2.16. The van der Waals surface area contributed by atoms with E-state index in [0.717, 1.165) is 11.1 Å².